The smallest absolute Gasteiger partial charge is 0.0960 e. The Morgan fingerprint density at radius 2 is 2.00 bits per heavy atom. The minimum Gasteiger partial charge on any atom is -0.323 e. The number of rotatable bonds is 3. The molecule has 0 fully saturated rings. The van der Waals surface area contributed by atoms with Gasteiger partial charge in [0, 0.05) is 10.9 Å². The third-order valence-electron chi connectivity index (χ3n) is 2.54. The van der Waals surface area contributed by atoms with Gasteiger partial charge in [0.2, 0.25) is 0 Å². The molecule has 0 spiro atoms. The van der Waals surface area contributed by atoms with E-state index in [1.54, 1.807) is 11.3 Å². The van der Waals surface area contributed by atoms with E-state index in [2.05, 4.69) is 18.2 Å². The molecular formula is C13H14ClNS. The van der Waals surface area contributed by atoms with Gasteiger partial charge in [0.1, 0.15) is 0 Å². The van der Waals surface area contributed by atoms with Crippen molar-refractivity contribution in [2.45, 2.75) is 19.4 Å². The first-order valence-electron chi connectivity index (χ1n) is 5.22. The van der Waals surface area contributed by atoms with Gasteiger partial charge in [-0.3, -0.25) is 0 Å². The Balaban J connectivity index is 2.11. The van der Waals surface area contributed by atoms with Gasteiger partial charge in [-0.15, -0.1) is 11.3 Å². The largest absolute Gasteiger partial charge is 0.323 e. The zero-order valence-corrected chi connectivity index (χ0v) is 10.7. The molecule has 0 amide bonds. The van der Waals surface area contributed by atoms with Crippen molar-refractivity contribution in [3.05, 3.63) is 56.7 Å². The van der Waals surface area contributed by atoms with E-state index in [9.17, 15) is 0 Å². The molecule has 2 aromatic rings. The molecule has 16 heavy (non-hydrogen) atoms. The van der Waals surface area contributed by atoms with Crippen molar-refractivity contribution in [1.29, 1.82) is 0 Å². The second kappa shape index (κ2) is 5.00. The van der Waals surface area contributed by atoms with Crippen LogP contribution in [0.3, 0.4) is 0 Å². The first-order chi connectivity index (χ1) is 7.66. The topological polar surface area (TPSA) is 26.0 Å². The maximum Gasteiger partial charge on any atom is 0.0960 e. The summed E-state index contributed by atoms with van der Waals surface area (Å²) in [6, 6.07) is 12.4. The maximum atomic E-state index is 6.16. The van der Waals surface area contributed by atoms with Gasteiger partial charge >= 0.3 is 0 Å². The Hall–Kier alpha value is -0.830. The third kappa shape index (κ3) is 2.64. The van der Waals surface area contributed by atoms with Gasteiger partial charge in [0.15, 0.2) is 0 Å². The highest BCUT2D eigenvalue weighted by Crippen LogP contribution is 2.31. The Morgan fingerprint density at radius 3 is 2.56 bits per heavy atom. The van der Waals surface area contributed by atoms with E-state index in [1.165, 1.54) is 5.56 Å². The fourth-order valence-corrected chi connectivity index (χ4v) is 2.85. The fraction of sp³-hybridized carbons (Fsp3) is 0.231. The van der Waals surface area contributed by atoms with Crippen LogP contribution >= 0.6 is 22.9 Å². The predicted molar refractivity (Wildman–Crippen MR) is 71.1 cm³/mol. The summed E-state index contributed by atoms with van der Waals surface area (Å²) < 4.78 is 0.846. The summed E-state index contributed by atoms with van der Waals surface area (Å²) >= 11 is 7.62. The highest BCUT2D eigenvalue weighted by Gasteiger charge is 2.11. The van der Waals surface area contributed by atoms with E-state index in [0.717, 1.165) is 21.2 Å². The van der Waals surface area contributed by atoms with E-state index < -0.39 is 0 Å². The van der Waals surface area contributed by atoms with Gasteiger partial charge in [-0.05, 0) is 30.5 Å². The third-order valence-corrected chi connectivity index (χ3v) is 4.23. The molecule has 2 N–H and O–H groups in total. The van der Waals surface area contributed by atoms with Gasteiger partial charge in [-0.1, -0.05) is 41.9 Å². The van der Waals surface area contributed by atoms with Crippen LogP contribution < -0.4 is 5.73 Å². The molecule has 2 rings (SSSR count). The first kappa shape index (κ1) is 11.6. The lowest BCUT2D eigenvalue weighted by Crippen LogP contribution is -2.11. The first-order valence-corrected chi connectivity index (χ1v) is 6.41. The van der Waals surface area contributed by atoms with Crippen LogP contribution in [0.15, 0.2) is 36.4 Å². The molecule has 0 bridgehead atoms. The second-order valence-corrected chi connectivity index (χ2v) is 5.59. The monoisotopic (exact) mass is 251 g/mol. The highest BCUT2D eigenvalue weighted by molar-refractivity contribution is 7.16. The SMILES string of the molecule is Cc1cc(C(N)Cc2ccccc2)sc1Cl. The molecule has 1 unspecified atom stereocenters. The van der Waals surface area contributed by atoms with Crippen LogP contribution in [0.5, 0.6) is 0 Å². The molecular weight excluding hydrogens is 238 g/mol. The summed E-state index contributed by atoms with van der Waals surface area (Å²) in [5.41, 5.74) is 8.54. The lowest BCUT2D eigenvalue weighted by Gasteiger charge is -2.09. The zero-order valence-electron chi connectivity index (χ0n) is 9.11. The predicted octanol–water partition coefficient (Wildman–Crippen LogP) is 3.95. The number of halogens is 1. The normalized spacial score (nSPS) is 12.7. The molecule has 0 aliphatic carbocycles. The van der Waals surface area contributed by atoms with Crippen molar-refractivity contribution in [2.75, 3.05) is 0 Å². The molecule has 0 saturated carbocycles. The summed E-state index contributed by atoms with van der Waals surface area (Å²) in [4.78, 5) is 1.16. The van der Waals surface area contributed by atoms with Crippen molar-refractivity contribution in [3.8, 4) is 0 Å². The molecule has 1 aromatic heterocycles. The van der Waals surface area contributed by atoms with Crippen LogP contribution in [-0.2, 0) is 6.42 Å². The van der Waals surface area contributed by atoms with E-state index >= 15 is 0 Å². The molecule has 0 aliphatic heterocycles. The number of benzene rings is 1. The highest BCUT2D eigenvalue weighted by atomic mass is 35.5. The summed E-state index contributed by atoms with van der Waals surface area (Å²) in [6.07, 6.45) is 0.858. The average molecular weight is 252 g/mol. The molecule has 3 heteroatoms. The maximum absolute atomic E-state index is 6.16. The molecule has 84 valence electrons. The quantitative estimate of drug-likeness (QED) is 0.878. The van der Waals surface area contributed by atoms with Gasteiger partial charge < -0.3 is 5.73 Å². The fourth-order valence-electron chi connectivity index (χ4n) is 1.63. The van der Waals surface area contributed by atoms with Crippen LogP contribution in [0.2, 0.25) is 4.34 Å². The zero-order chi connectivity index (χ0) is 11.5. The average Bonchev–Trinajstić information content (AvgIpc) is 2.61. The van der Waals surface area contributed by atoms with Crippen LogP contribution in [0, 0.1) is 6.92 Å². The molecule has 1 atom stereocenters. The standard InChI is InChI=1S/C13H14ClNS/c1-9-7-12(16-13(9)14)11(15)8-10-5-3-2-4-6-10/h2-7,11H,8,15H2,1H3. The molecule has 0 radical (unpaired) electrons. The molecule has 0 saturated heterocycles. The van der Waals surface area contributed by atoms with Crippen LogP contribution in [-0.4, -0.2) is 0 Å². The minimum atomic E-state index is 0.0404. The number of hydrogen-bond donors (Lipinski definition) is 1. The summed E-state index contributed by atoms with van der Waals surface area (Å²) in [7, 11) is 0. The van der Waals surface area contributed by atoms with Crippen molar-refractivity contribution >= 4 is 22.9 Å². The van der Waals surface area contributed by atoms with Crippen LogP contribution in [0.25, 0.3) is 0 Å². The Bertz CT molecular complexity index is 445. The molecule has 1 nitrogen and oxygen atoms in total. The second-order valence-electron chi connectivity index (χ2n) is 3.90. The number of aryl methyl sites for hydroxylation is 1. The van der Waals surface area contributed by atoms with E-state index in [0.29, 0.717) is 0 Å². The Morgan fingerprint density at radius 1 is 1.31 bits per heavy atom. The van der Waals surface area contributed by atoms with Crippen LogP contribution in [0.1, 0.15) is 22.0 Å². The Kier molecular flexibility index (Phi) is 3.64. The molecule has 1 aromatic carbocycles. The van der Waals surface area contributed by atoms with Crippen molar-refractivity contribution < 1.29 is 0 Å². The minimum absolute atomic E-state index is 0.0404. The van der Waals surface area contributed by atoms with Gasteiger partial charge in [-0.25, -0.2) is 0 Å². The summed E-state index contributed by atoms with van der Waals surface area (Å²) in [6.45, 7) is 2.01. The lowest BCUT2D eigenvalue weighted by molar-refractivity contribution is 0.736. The molecule has 0 aliphatic rings. The van der Waals surface area contributed by atoms with Crippen LogP contribution in [0.4, 0.5) is 0 Å². The van der Waals surface area contributed by atoms with E-state index in [-0.39, 0.29) is 6.04 Å². The van der Waals surface area contributed by atoms with Crippen molar-refractivity contribution in [1.82, 2.24) is 0 Å². The van der Waals surface area contributed by atoms with Crippen molar-refractivity contribution in [3.63, 3.8) is 0 Å². The van der Waals surface area contributed by atoms with E-state index in [4.69, 9.17) is 17.3 Å². The van der Waals surface area contributed by atoms with Gasteiger partial charge in [0.25, 0.3) is 0 Å². The van der Waals surface area contributed by atoms with Crippen molar-refractivity contribution in [2.24, 2.45) is 5.73 Å². The Labute approximate surface area is 105 Å². The van der Waals surface area contributed by atoms with Gasteiger partial charge in [0.05, 0.1) is 4.34 Å². The summed E-state index contributed by atoms with van der Waals surface area (Å²) in [5.74, 6) is 0. The van der Waals surface area contributed by atoms with E-state index in [1.807, 2.05) is 25.1 Å². The summed E-state index contributed by atoms with van der Waals surface area (Å²) in [5, 5.41) is 0. The number of thiophene rings is 1. The molecule has 1 heterocycles. The number of hydrogen-bond acceptors (Lipinski definition) is 2. The number of nitrogens with two attached hydrogens (primary N) is 1. The lowest BCUT2D eigenvalue weighted by atomic mass is 10.1. The van der Waals surface area contributed by atoms with Gasteiger partial charge in [-0.2, -0.15) is 0 Å².